The van der Waals surface area contributed by atoms with Crippen molar-refractivity contribution in [2.75, 3.05) is 13.1 Å². The summed E-state index contributed by atoms with van der Waals surface area (Å²) in [6.07, 6.45) is 7.71. The fraction of sp³-hybridized carbons (Fsp3) is 0.417. The van der Waals surface area contributed by atoms with Crippen molar-refractivity contribution in [1.82, 2.24) is 39.9 Å². The number of rotatable bonds is 6. The molecule has 4 aromatic rings. The van der Waals surface area contributed by atoms with Crippen LogP contribution in [0.4, 0.5) is 0 Å². The SMILES string of the molecule is CC(C)N1CCC(n2cc(C(=O)Cc3cc4cc(-c5cn(C)nn5)ccc4cn3)nn2)CC1. The van der Waals surface area contributed by atoms with Crippen molar-refractivity contribution in [3.8, 4) is 11.3 Å². The van der Waals surface area contributed by atoms with Crippen LogP contribution in [0.2, 0.25) is 0 Å². The number of aromatic nitrogens is 7. The van der Waals surface area contributed by atoms with Gasteiger partial charge < -0.3 is 4.90 Å². The molecule has 4 heterocycles. The van der Waals surface area contributed by atoms with Crippen LogP contribution in [0.25, 0.3) is 22.0 Å². The highest BCUT2D eigenvalue weighted by Crippen LogP contribution is 2.24. The maximum absolute atomic E-state index is 12.9. The van der Waals surface area contributed by atoms with Crippen LogP contribution < -0.4 is 0 Å². The molecule has 9 heteroatoms. The summed E-state index contributed by atoms with van der Waals surface area (Å²) in [5, 5.41) is 18.6. The largest absolute Gasteiger partial charge is 0.301 e. The number of likely N-dealkylation sites (tertiary alicyclic amines) is 1. The van der Waals surface area contributed by atoms with Gasteiger partial charge in [-0.25, -0.2) is 4.68 Å². The zero-order valence-corrected chi connectivity index (χ0v) is 19.2. The average molecular weight is 445 g/mol. The lowest BCUT2D eigenvalue weighted by atomic mass is 10.0. The number of carbonyl (C=O) groups is 1. The molecular weight excluding hydrogens is 416 g/mol. The van der Waals surface area contributed by atoms with E-state index in [1.165, 1.54) is 0 Å². The fourth-order valence-corrected chi connectivity index (χ4v) is 4.43. The Labute approximate surface area is 192 Å². The number of fused-ring (bicyclic) bond motifs is 1. The molecule has 0 saturated carbocycles. The monoisotopic (exact) mass is 444 g/mol. The molecule has 0 bridgehead atoms. The van der Waals surface area contributed by atoms with E-state index >= 15 is 0 Å². The molecule has 0 N–H and O–H groups in total. The van der Waals surface area contributed by atoms with E-state index in [4.69, 9.17) is 0 Å². The Morgan fingerprint density at radius 1 is 1.06 bits per heavy atom. The Morgan fingerprint density at radius 3 is 2.61 bits per heavy atom. The third-order valence-electron chi connectivity index (χ3n) is 6.42. The summed E-state index contributed by atoms with van der Waals surface area (Å²) >= 11 is 0. The second kappa shape index (κ2) is 8.82. The van der Waals surface area contributed by atoms with Gasteiger partial charge in [-0.1, -0.05) is 22.6 Å². The lowest BCUT2D eigenvalue weighted by molar-refractivity contribution is 0.0987. The molecule has 0 radical (unpaired) electrons. The van der Waals surface area contributed by atoms with Gasteiger partial charge in [0.2, 0.25) is 0 Å². The van der Waals surface area contributed by atoms with E-state index in [-0.39, 0.29) is 12.2 Å². The number of carbonyl (C=O) groups excluding carboxylic acids is 1. The Hall–Kier alpha value is -3.46. The van der Waals surface area contributed by atoms with Crippen LogP contribution in [-0.4, -0.2) is 64.8 Å². The molecule has 1 aliphatic heterocycles. The third-order valence-corrected chi connectivity index (χ3v) is 6.42. The number of aryl methyl sites for hydroxylation is 1. The molecule has 0 unspecified atom stereocenters. The fourth-order valence-electron chi connectivity index (χ4n) is 4.43. The first kappa shape index (κ1) is 21.4. The Kier molecular flexibility index (Phi) is 5.72. The molecule has 1 saturated heterocycles. The number of nitrogens with zero attached hydrogens (tertiary/aromatic N) is 8. The van der Waals surface area contributed by atoms with E-state index in [9.17, 15) is 4.79 Å². The van der Waals surface area contributed by atoms with Crippen LogP contribution in [0.5, 0.6) is 0 Å². The lowest BCUT2D eigenvalue weighted by Gasteiger charge is -2.34. The van der Waals surface area contributed by atoms with Gasteiger partial charge in [-0.05, 0) is 44.2 Å². The Morgan fingerprint density at radius 2 is 1.88 bits per heavy atom. The summed E-state index contributed by atoms with van der Waals surface area (Å²) in [5.41, 5.74) is 2.90. The highest BCUT2D eigenvalue weighted by atomic mass is 16.1. The first-order chi connectivity index (χ1) is 16.0. The minimum atomic E-state index is -0.0715. The normalized spacial score (nSPS) is 15.5. The lowest BCUT2D eigenvalue weighted by Crippen LogP contribution is -2.39. The molecule has 9 nitrogen and oxygen atoms in total. The smallest absolute Gasteiger partial charge is 0.190 e. The Bertz CT molecular complexity index is 1280. The first-order valence-electron chi connectivity index (χ1n) is 11.4. The van der Waals surface area contributed by atoms with Crippen LogP contribution >= 0.6 is 0 Å². The van der Waals surface area contributed by atoms with E-state index in [1.807, 2.05) is 36.1 Å². The summed E-state index contributed by atoms with van der Waals surface area (Å²) in [4.78, 5) is 19.9. The summed E-state index contributed by atoms with van der Waals surface area (Å²) < 4.78 is 3.54. The Balaban J connectivity index is 1.29. The predicted molar refractivity (Wildman–Crippen MR) is 125 cm³/mol. The standard InChI is InChI=1S/C24H28N8O/c1-16(2)31-8-6-21(7-9-31)32-15-23(27-29-32)24(33)12-20-11-19-10-17(4-5-18(19)13-25-20)22-14-30(3)28-26-22/h4-5,10-11,13-16,21H,6-9,12H2,1-3H3. The van der Waals surface area contributed by atoms with Crippen LogP contribution in [0.1, 0.15) is 48.9 Å². The van der Waals surface area contributed by atoms with Gasteiger partial charge in [0.25, 0.3) is 0 Å². The van der Waals surface area contributed by atoms with E-state index in [0.29, 0.717) is 23.5 Å². The molecule has 0 atom stereocenters. The second-order valence-electron chi connectivity index (χ2n) is 9.06. The van der Waals surface area contributed by atoms with Gasteiger partial charge in [-0.2, -0.15) is 0 Å². The van der Waals surface area contributed by atoms with Crippen molar-refractivity contribution < 1.29 is 4.79 Å². The van der Waals surface area contributed by atoms with Crippen molar-refractivity contribution in [2.24, 2.45) is 7.05 Å². The number of ketones is 1. The molecule has 33 heavy (non-hydrogen) atoms. The van der Waals surface area contributed by atoms with Gasteiger partial charge in [0.1, 0.15) is 11.4 Å². The number of hydrogen-bond donors (Lipinski definition) is 0. The summed E-state index contributed by atoms with van der Waals surface area (Å²) in [6.45, 7) is 6.54. The molecule has 5 rings (SSSR count). The van der Waals surface area contributed by atoms with Crippen molar-refractivity contribution >= 4 is 16.6 Å². The van der Waals surface area contributed by atoms with Gasteiger partial charge in [0, 0.05) is 49.0 Å². The second-order valence-corrected chi connectivity index (χ2v) is 9.06. The number of pyridine rings is 1. The number of piperidine rings is 1. The predicted octanol–water partition coefficient (Wildman–Crippen LogP) is 3.09. The topological polar surface area (TPSA) is 94.6 Å². The van der Waals surface area contributed by atoms with Gasteiger partial charge >= 0.3 is 0 Å². The highest BCUT2D eigenvalue weighted by Gasteiger charge is 2.24. The maximum atomic E-state index is 12.9. The van der Waals surface area contributed by atoms with Gasteiger partial charge in [0.15, 0.2) is 5.78 Å². The van der Waals surface area contributed by atoms with Crippen LogP contribution in [0, 0.1) is 0 Å². The summed E-state index contributed by atoms with van der Waals surface area (Å²) in [6, 6.07) is 8.88. The molecule has 0 aliphatic carbocycles. The number of hydrogen-bond acceptors (Lipinski definition) is 7. The van der Waals surface area contributed by atoms with Crippen molar-refractivity contribution in [3.05, 3.63) is 54.2 Å². The minimum Gasteiger partial charge on any atom is -0.301 e. The number of benzene rings is 1. The molecule has 0 amide bonds. The zero-order chi connectivity index (χ0) is 22.9. The summed E-state index contributed by atoms with van der Waals surface area (Å²) in [5.74, 6) is -0.0715. The molecule has 170 valence electrons. The molecule has 1 aliphatic rings. The quantitative estimate of drug-likeness (QED) is 0.422. The first-order valence-corrected chi connectivity index (χ1v) is 11.4. The van der Waals surface area contributed by atoms with Crippen molar-refractivity contribution in [3.63, 3.8) is 0 Å². The van der Waals surface area contributed by atoms with Gasteiger partial charge in [-0.15, -0.1) is 10.2 Å². The van der Waals surface area contributed by atoms with E-state index in [0.717, 1.165) is 48.0 Å². The van der Waals surface area contributed by atoms with Crippen molar-refractivity contribution in [1.29, 1.82) is 0 Å². The van der Waals surface area contributed by atoms with E-state index < -0.39 is 0 Å². The van der Waals surface area contributed by atoms with Crippen LogP contribution in [0.15, 0.2) is 42.9 Å². The molecule has 3 aromatic heterocycles. The average Bonchev–Trinajstić information content (AvgIpc) is 3.48. The molecule has 1 fully saturated rings. The van der Waals surface area contributed by atoms with E-state index in [2.05, 4.69) is 50.4 Å². The van der Waals surface area contributed by atoms with Crippen molar-refractivity contribution in [2.45, 2.75) is 45.2 Å². The zero-order valence-electron chi connectivity index (χ0n) is 19.2. The molecule has 1 aromatic carbocycles. The number of Topliss-reactive ketones (excluding diaryl/α,β-unsaturated/α-hetero) is 1. The van der Waals surface area contributed by atoms with Gasteiger partial charge in [0.05, 0.1) is 24.9 Å². The maximum Gasteiger partial charge on any atom is 0.190 e. The highest BCUT2D eigenvalue weighted by molar-refractivity contribution is 5.96. The summed E-state index contributed by atoms with van der Waals surface area (Å²) in [7, 11) is 1.84. The van der Waals surface area contributed by atoms with Gasteiger partial charge in [-0.3, -0.25) is 14.5 Å². The minimum absolute atomic E-state index is 0.0715. The third kappa shape index (κ3) is 4.54. The molecule has 0 spiro atoms. The molecular formula is C24H28N8O. The van der Waals surface area contributed by atoms with E-state index in [1.54, 1.807) is 17.1 Å². The van der Waals surface area contributed by atoms with Crippen LogP contribution in [-0.2, 0) is 13.5 Å². The van der Waals surface area contributed by atoms with Crippen LogP contribution in [0.3, 0.4) is 0 Å².